The van der Waals surface area contributed by atoms with Crippen LogP contribution in [0.5, 0.6) is 0 Å². The van der Waals surface area contributed by atoms with E-state index < -0.39 is 14.6 Å². The van der Waals surface area contributed by atoms with Gasteiger partial charge in [0.15, 0.2) is 15.8 Å². The fraction of sp³-hybridized carbons (Fsp3) is 0.909. The molecule has 17 heavy (non-hydrogen) atoms. The highest BCUT2D eigenvalue weighted by atomic mass is 32.2. The van der Waals surface area contributed by atoms with Gasteiger partial charge in [0.25, 0.3) is 0 Å². The lowest BCUT2D eigenvalue weighted by molar-refractivity contribution is 0.559. The smallest absolute Gasteiger partial charge is 0.191 e. The van der Waals surface area contributed by atoms with Crippen LogP contribution < -0.4 is 10.6 Å². The highest BCUT2D eigenvalue weighted by molar-refractivity contribution is 7.92. The Balaban J connectivity index is 2.40. The number of nitrogens with zero attached hydrogens (tertiary/aromatic N) is 1. The lowest BCUT2D eigenvalue weighted by Crippen LogP contribution is -2.41. The number of guanidine groups is 1. The van der Waals surface area contributed by atoms with E-state index in [2.05, 4.69) is 15.6 Å². The fourth-order valence-corrected chi connectivity index (χ4v) is 2.40. The minimum absolute atomic E-state index is 0.136. The topological polar surface area (TPSA) is 70.6 Å². The summed E-state index contributed by atoms with van der Waals surface area (Å²) >= 11 is 0. The Morgan fingerprint density at radius 1 is 1.35 bits per heavy atom. The van der Waals surface area contributed by atoms with Crippen LogP contribution >= 0.6 is 0 Å². The van der Waals surface area contributed by atoms with E-state index >= 15 is 0 Å². The molecule has 0 unspecified atom stereocenters. The quantitative estimate of drug-likeness (QED) is 0.777. The average Bonchev–Trinajstić information content (AvgIpc) is 2.44. The molecule has 0 amide bonds. The third kappa shape index (κ3) is 4.53. The lowest BCUT2D eigenvalue weighted by Gasteiger charge is -2.19. The highest BCUT2D eigenvalue weighted by Gasteiger charge is 2.28. The zero-order chi connectivity index (χ0) is 12.9. The summed E-state index contributed by atoms with van der Waals surface area (Å²) in [6, 6.07) is 0. The van der Waals surface area contributed by atoms with Crippen molar-refractivity contribution < 1.29 is 8.42 Å². The summed E-state index contributed by atoms with van der Waals surface area (Å²) in [5.74, 6) is 0.864. The second-order valence-electron chi connectivity index (χ2n) is 5.22. The van der Waals surface area contributed by atoms with E-state index in [-0.39, 0.29) is 5.75 Å². The van der Waals surface area contributed by atoms with Crippen LogP contribution in [0.15, 0.2) is 4.99 Å². The van der Waals surface area contributed by atoms with Gasteiger partial charge >= 0.3 is 0 Å². The van der Waals surface area contributed by atoms with Crippen LogP contribution in [0.2, 0.25) is 0 Å². The largest absolute Gasteiger partial charge is 0.356 e. The SMILES string of the molecule is CC(C)(C)S(=O)(=O)CCNC1=NCCCCN1. The molecule has 0 atom stereocenters. The molecule has 2 N–H and O–H groups in total. The molecule has 0 aromatic rings. The molecule has 1 aliphatic rings. The average molecular weight is 261 g/mol. The van der Waals surface area contributed by atoms with Gasteiger partial charge in [0.05, 0.1) is 10.5 Å². The van der Waals surface area contributed by atoms with Crippen LogP contribution in [0.3, 0.4) is 0 Å². The van der Waals surface area contributed by atoms with Crippen molar-refractivity contribution in [2.24, 2.45) is 4.99 Å². The van der Waals surface area contributed by atoms with Gasteiger partial charge in [0, 0.05) is 19.6 Å². The van der Waals surface area contributed by atoms with E-state index in [0.29, 0.717) is 6.54 Å². The molecule has 0 aromatic carbocycles. The molecule has 5 nitrogen and oxygen atoms in total. The Bertz CT molecular complexity index is 369. The number of aliphatic imine (C=N–C) groups is 1. The van der Waals surface area contributed by atoms with E-state index in [4.69, 9.17) is 0 Å². The van der Waals surface area contributed by atoms with Crippen LogP contribution in [0.4, 0.5) is 0 Å². The number of hydrogen-bond acceptors (Lipinski definition) is 5. The van der Waals surface area contributed by atoms with Gasteiger partial charge in [-0.25, -0.2) is 8.42 Å². The first-order valence-electron chi connectivity index (χ1n) is 6.07. The van der Waals surface area contributed by atoms with Crippen molar-refractivity contribution in [2.45, 2.75) is 38.4 Å². The molecule has 0 fully saturated rings. The minimum Gasteiger partial charge on any atom is -0.356 e. The lowest BCUT2D eigenvalue weighted by atomic mass is 10.3. The van der Waals surface area contributed by atoms with Gasteiger partial charge in [-0.1, -0.05) is 0 Å². The third-order valence-corrected chi connectivity index (χ3v) is 5.35. The minimum atomic E-state index is -3.05. The zero-order valence-electron chi connectivity index (χ0n) is 10.9. The fourth-order valence-electron chi connectivity index (χ4n) is 1.42. The standard InChI is InChI=1S/C11H23N3O2S/c1-11(2,3)17(15,16)9-8-14-10-12-6-4-5-7-13-10/h4-9H2,1-3H3,(H2,12,13,14). The van der Waals surface area contributed by atoms with E-state index in [9.17, 15) is 8.42 Å². The van der Waals surface area contributed by atoms with Crippen molar-refractivity contribution in [2.75, 3.05) is 25.4 Å². The number of rotatable bonds is 3. The van der Waals surface area contributed by atoms with E-state index in [1.807, 2.05) is 0 Å². The molecule has 0 aliphatic carbocycles. The molecule has 0 spiro atoms. The molecular formula is C11H23N3O2S. The van der Waals surface area contributed by atoms with Crippen molar-refractivity contribution in [1.29, 1.82) is 0 Å². The van der Waals surface area contributed by atoms with Crippen LogP contribution in [-0.2, 0) is 9.84 Å². The summed E-state index contributed by atoms with van der Waals surface area (Å²) in [6.07, 6.45) is 2.19. The van der Waals surface area contributed by atoms with Gasteiger partial charge < -0.3 is 10.6 Å². The van der Waals surface area contributed by atoms with Gasteiger partial charge in [-0.2, -0.15) is 0 Å². The van der Waals surface area contributed by atoms with Crippen molar-refractivity contribution >= 4 is 15.8 Å². The normalized spacial score (nSPS) is 17.9. The molecule has 0 bridgehead atoms. The molecule has 1 heterocycles. The maximum absolute atomic E-state index is 11.9. The summed E-state index contributed by atoms with van der Waals surface area (Å²) < 4.78 is 23.0. The molecule has 0 saturated carbocycles. The van der Waals surface area contributed by atoms with Gasteiger partial charge in [-0.05, 0) is 33.6 Å². The molecule has 0 aromatic heterocycles. The highest BCUT2D eigenvalue weighted by Crippen LogP contribution is 2.15. The Morgan fingerprint density at radius 2 is 2.06 bits per heavy atom. The summed E-state index contributed by atoms with van der Waals surface area (Å²) in [7, 11) is -3.05. The summed E-state index contributed by atoms with van der Waals surface area (Å²) in [5, 5.41) is 6.20. The van der Waals surface area contributed by atoms with Crippen molar-refractivity contribution in [3.63, 3.8) is 0 Å². The van der Waals surface area contributed by atoms with E-state index in [1.54, 1.807) is 20.8 Å². The number of hydrogen-bond donors (Lipinski definition) is 2. The molecule has 100 valence electrons. The Labute approximate surface area is 104 Å². The molecular weight excluding hydrogens is 238 g/mol. The van der Waals surface area contributed by atoms with Crippen molar-refractivity contribution in [3.05, 3.63) is 0 Å². The first-order chi connectivity index (χ1) is 7.83. The van der Waals surface area contributed by atoms with Crippen LogP contribution in [0, 0.1) is 0 Å². The maximum atomic E-state index is 11.9. The molecule has 1 rings (SSSR count). The first kappa shape index (κ1) is 14.3. The van der Waals surface area contributed by atoms with Crippen molar-refractivity contribution in [1.82, 2.24) is 10.6 Å². The number of sulfone groups is 1. The first-order valence-corrected chi connectivity index (χ1v) is 7.73. The van der Waals surface area contributed by atoms with Crippen LogP contribution in [-0.4, -0.2) is 44.5 Å². The summed E-state index contributed by atoms with van der Waals surface area (Å²) in [4.78, 5) is 4.30. The maximum Gasteiger partial charge on any atom is 0.191 e. The predicted octanol–water partition coefficient (Wildman–Crippen LogP) is 0.529. The van der Waals surface area contributed by atoms with Gasteiger partial charge in [0.2, 0.25) is 0 Å². The van der Waals surface area contributed by atoms with E-state index in [1.165, 1.54) is 0 Å². The predicted molar refractivity (Wildman–Crippen MR) is 71.1 cm³/mol. The third-order valence-electron chi connectivity index (χ3n) is 2.74. The van der Waals surface area contributed by atoms with Crippen molar-refractivity contribution in [3.8, 4) is 0 Å². The van der Waals surface area contributed by atoms with Gasteiger partial charge in [-0.3, -0.25) is 4.99 Å². The Morgan fingerprint density at radius 3 is 2.71 bits per heavy atom. The second-order valence-corrected chi connectivity index (χ2v) is 8.08. The Hall–Kier alpha value is -0.780. The van der Waals surface area contributed by atoms with Gasteiger partial charge in [-0.15, -0.1) is 0 Å². The summed E-state index contributed by atoms with van der Waals surface area (Å²) in [6.45, 7) is 7.29. The second kappa shape index (κ2) is 5.71. The molecule has 0 radical (unpaired) electrons. The zero-order valence-corrected chi connectivity index (χ0v) is 11.7. The number of nitrogens with one attached hydrogen (secondary N) is 2. The monoisotopic (exact) mass is 261 g/mol. The molecule has 0 saturated heterocycles. The molecule has 6 heteroatoms. The van der Waals surface area contributed by atoms with Gasteiger partial charge in [0.1, 0.15) is 0 Å². The Kier molecular flexibility index (Phi) is 4.80. The van der Waals surface area contributed by atoms with Crippen LogP contribution in [0.25, 0.3) is 0 Å². The molecule has 1 aliphatic heterocycles. The van der Waals surface area contributed by atoms with Crippen LogP contribution in [0.1, 0.15) is 33.6 Å². The summed E-state index contributed by atoms with van der Waals surface area (Å²) in [5.41, 5.74) is 0. The van der Waals surface area contributed by atoms with E-state index in [0.717, 1.165) is 31.9 Å².